The number of hydrogen-bond donors (Lipinski definition) is 2. The van der Waals surface area contributed by atoms with Gasteiger partial charge in [0.1, 0.15) is 0 Å². The topological polar surface area (TPSA) is 66.2 Å². The molecular weight excluding hydrogens is 204 g/mol. The Kier molecular flexibility index (Phi) is 9.76. The molecule has 0 heterocycles. The lowest BCUT2D eigenvalue weighted by Crippen LogP contribution is -2.06. The summed E-state index contributed by atoms with van der Waals surface area (Å²) in [5.41, 5.74) is 0. The van der Waals surface area contributed by atoms with Gasteiger partial charge in [0.05, 0.1) is 13.2 Å². The normalized spacial score (nSPS) is 9.88. The smallest absolute Gasteiger partial charge is 0.180 e. The van der Waals surface area contributed by atoms with E-state index in [4.69, 9.17) is 20.3 Å². The minimum Gasteiger partial charge on any atom is -0.481 e. The molecule has 0 aliphatic heterocycles. The van der Waals surface area contributed by atoms with Crippen LogP contribution in [0.1, 0.15) is 52.4 Å². The molecule has 0 aliphatic rings. The minimum absolute atomic E-state index is 0.364. The van der Waals surface area contributed by atoms with E-state index in [1.807, 2.05) is 13.8 Å². The van der Waals surface area contributed by atoms with Crippen LogP contribution in [0.3, 0.4) is 0 Å². The van der Waals surface area contributed by atoms with Gasteiger partial charge in [0.2, 0.25) is 0 Å². The molecule has 0 aromatic rings. The summed E-state index contributed by atoms with van der Waals surface area (Å²) in [6.45, 7) is 5.32. The minimum atomic E-state index is 0.364. The SMILES string of the molecule is CCCOC(=N)CCCCC(=N)OCCC. The Morgan fingerprint density at radius 2 is 1.19 bits per heavy atom. The molecule has 0 amide bonds. The van der Waals surface area contributed by atoms with Gasteiger partial charge in [-0.05, 0) is 25.7 Å². The first kappa shape index (κ1) is 14.9. The maximum atomic E-state index is 7.48. The molecule has 0 rings (SSSR count). The van der Waals surface area contributed by atoms with Gasteiger partial charge < -0.3 is 9.47 Å². The fraction of sp³-hybridized carbons (Fsp3) is 0.833. The van der Waals surface area contributed by atoms with Crippen LogP contribution in [0.2, 0.25) is 0 Å². The molecule has 16 heavy (non-hydrogen) atoms. The highest BCUT2D eigenvalue weighted by Crippen LogP contribution is 2.03. The molecule has 0 aromatic heterocycles. The lowest BCUT2D eigenvalue weighted by molar-refractivity contribution is 0.286. The van der Waals surface area contributed by atoms with Crippen LogP contribution in [0.4, 0.5) is 0 Å². The lowest BCUT2D eigenvalue weighted by atomic mass is 10.2. The monoisotopic (exact) mass is 228 g/mol. The fourth-order valence-corrected chi connectivity index (χ4v) is 1.17. The van der Waals surface area contributed by atoms with Crippen LogP contribution in [-0.4, -0.2) is 25.0 Å². The summed E-state index contributed by atoms with van der Waals surface area (Å²) in [4.78, 5) is 0. The first-order valence-electron chi connectivity index (χ1n) is 6.11. The Labute approximate surface area is 98.4 Å². The number of rotatable bonds is 9. The molecule has 0 radical (unpaired) electrons. The summed E-state index contributed by atoms with van der Waals surface area (Å²) < 4.78 is 10.3. The third-order valence-electron chi connectivity index (χ3n) is 2.02. The highest BCUT2D eigenvalue weighted by atomic mass is 16.5. The van der Waals surface area contributed by atoms with Crippen molar-refractivity contribution in [2.24, 2.45) is 0 Å². The van der Waals surface area contributed by atoms with Crippen LogP contribution >= 0.6 is 0 Å². The van der Waals surface area contributed by atoms with E-state index in [1.54, 1.807) is 0 Å². The summed E-state index contributed by atoms with van der Waals surface area (Å²) in [6.07, 6.45) is 5.00. The fourth-order valence-electron chi connectivity index (χ4n) is 1.17. The average Bonchev–Trinajstić information content (AvgIpc) is 2.29. The van der Waals surface area contributed by atoms with Crippen molar-refractivity contribution in [2.45, 2.75) is 52.4 Å². The first-order valence-corrected chi connectivity index (χ1v) is 6.11. The van der Waals surface area contributed by atoms with Gasteiger partial charge in [-0.3, -0.25) is 10.8 Å². The van der Waals surface area contributed by atoms with Crippen molar-refractivity contribution in [2.75, 3.05) is 13.2 Å². The zero-order valence-corrected chi connectivity index (χ0v) is 10.5. The molecule has 0 atom stereocenters. The zero-order valence-electron chi connectivity index (χ0n) is 10.5. The van der Waals surface area contributed by atoms with Gasteiger partial charge in [0.25, 0.3) is 0 Å². The van der Waals surface area contributed by atoms with E-state index in [1.165, 1.54) is 0 Å². The number of nitrogens with one attached hydrogen (secondary N) is 2. The second kappa shape index (κ2) is 10.5. The highest BCUT2D eigenvalue weighted by Gasteiger charge is 2.00. The summed E-state index contributed by atoms with van der Waals surface area (Å²) in [7, 11) is 0. The van der Waals surface area contributed by atoms with Crippen LogP contribution in [0.25, 0.3) is 0 Å². The third-order valence-corrected chi connectivity index (χ3v) is 2.02. The van der Waals surface area contributed by atoms with E-state index in [0.717, 1.165) is 25.7 Å². The second-order valence-electron chi connectivity index (χ2n) is 3.75. The van der Waals surface area contributed by atoms with E-state index in [-0.39, 0.29) is 0 Å². The molecule has 0 saturated heterocycles. The van der Waals surface area contributed by atoms with E-state index < -0.39 is 0 Å². The van der Waals surface area contributed by atoms with Crippen molar-refractivity contribution in [3.8, 4) is 0 Å². The van der Waals surface area contributed by atoms with Gasteiger partial charge in [0.15, 0.2) is 11.8 Å². The van der Waals surface area contributed by atoms with Crippen LogP contribution in [0.15, 0.2) is 0 Å². The Morgan fingerprint density at radius 1 is 0.812 bits per heavy atom. The van der Waals surface area contributed by atoms with Crippen LogP contribution in [0, 0.1) is 10.8 Å². The largest absolute Gasteiger partial charge is 0.481 e. The van der Waals surface area contributed by atoms with Crippen LogP contribution in [-0.2, 0) is 9.47 Å². The van der Waals surface area contributed by atoms with Gasteiger partial charge in [-0.1, -0.05) is 13.8 Å². The van der Waals surface area contributed by atoms with Crippen molar-refractivity contribution in [3.05, 3.63) is 0 Å². The zero-order chi connectivity index (χ0) is 12.2. The molecule has 4 nitrogen and oxygen atoms in total. The second-order valence-corrected chi connectivity index (χ2v) is 3.75. The molecule has 0 saturated carbocycles. The van der Waals surface area contributed by atoms with E-state index in [2.05, 4.69) is 0 Å². The quantitative estimate of drug-likeness (QED) is 0.361. The van der Waals surface area contributed by atoms with Crippen molar-refractivity contribution in [1.29, 1.82) is 10.8 Å². The molecule has 0 fully saturated rings. The van der Waals surface area contributed by atoms with Gasteiger partial charge >= 0.3 is 0 Å². The first-order chi connectivity index (χ1) is 7.70. The molecule has 0 spiro atoms. The Balaban J connectivity index is 3.31. The standard InChI is InChI=1S/C12H24N2O2/c1-3-9-15-11(13)7-5-6-8-12(14)16-10-4-2/h13-14H,3-10H2,1-2H3. The molecule has 0 aromatic carbocycles. The average molecular weight is 228 g/mol. The molecule has 4 heteroatoms. The molecular formula is C12H24N2O2. The predicted octanol–water partition coefficient (Wildman–Crippen LogP) is 3.35. The predicted molar refractivity (Wildman–Crippen MR) is 66.4 cm³/mol. The van der Waals surface area contributed by atoms with Crippen LogP contribution in [0.5, 0.6) is 0 Å². The Bertz CT molecular complexity index is 183. The molecule has 94 valence electrons. The van der Waals surface area contributed by atoms with E-state index >= 15 is 0 Å². The van der Waals surface area contributed by atoms with Crippen molar-refractivity contribution < 1.29 is 9.47 Å². The Morgan fingerprint density at radius 3 is 1.50 bits per heavy atom. The molecule has 0 bridgehead atoms. The lowest BCUT2D eigenvalue weighted by Gasteiger charge is -2.07. The summed E-state index contributed by atoms with van der Waals surface area (Å²) >= 11 is 0. The number of ether oxygens (including phenoxy) is 2. The van der Waals surface area contributed by atoms with Gasteiger partial charge in [-0.15, -0.1) is 0 Å². The number of hydrogen-bond acceptors (Lipinski definition) is 4. The third kappa shape index (κ3) is 9.49. The maximum absolute atomic E-state index is 7.48. The van der Waals surface area contributed by atoms with Gasteiger partial charge in [-0.2, -0.15) is 0 Å². The Hall–Kier alpha value is -1.06. The van der Waals surface area contributed by atoms with Crippen molar-refractivity contribution in [3.63, 3.8) is 0 Å². The summed E-state index contributed by atoms with van der Waals surface area (Å²) in [5, 5.41) is 15.0. The highest BCUT2D eigenvalue weighted by molar-refractivity contribution is 5.73. The number of unbranched alkanes of at least 4 members (excludes halogenated alkanes) is 1. The van der Waals surface area contributed by atoms with Crippen molar-refractivity contribution in [1.82, 2.24) is 0 Å². The van der Waals surface area contributed by atoms with Crippen molar-refractivity contribution >= 4 is 11.8 Å². The summed E-state index contributed by atoms with van der Waals surface area (Å²) in [5.74, 6) is 0.728. The van der Waals surface area contributed by atoms with Gasteiger partial charge in [0, 0.05) is 12.8 Å². The van der Waals surface area contributed by atoms with E-state index in [0.29, 0.717) is 37.9 Å². The molecule has 2 N–H and O–H groups in total. The molecule has 0 unspecified atom stereocenters. The maximum Gasteiger partial charge on any atom is 0.180 e. The molecule has 0 aliphatic carbocycles. The van der Waals surface area contributed by atoms with Gasteiger partial charge in [-0.25, -0.2) is 0 Å². The van der Waals surface area contributed by atoms with E-state index in [9.17, 15) is 0 Å². The summed E-state index contributed by atoms with van der Waals surface area (Å²) in [6, 6.07) is 0. The van der Waals surface area contributed by atoms with Crippen LogP contribution < -0.4 is 0 Å².